The van der Waals surface area contributed by atoms with Crippen molar-refractivity contribution in [3.05, 3.63) is 71.9 Å². The predicted octanol–water partition coefficient (Wildman–Crippen LogP) is 5.47. The van der Waals surface area contributed by atoms with E-state index in [9.17, 15) is 0 Å². The lowest BCUT2D eigenvalue weighted by atomic mass is 9.96. The molecular weight excluding hydrogens is 294 g/mol. The second kappa shape index (κ2) is 6.63. The Hall–Kier alpha value is -2.32. The lowest BCUT2D eigenvalue weighted by Gasteiger charge is -2.15. The molecule has 0 N–H and O–H groups in total. The van der Waals surface area contributed by atoms with Gasteiger partial charge in [-0.2, -0.15) is 0 Å². The molecule has 0 aliphatic carbocycles. The van der Waals surface area contributed by atoms with Crippen LogP contribution in [0.1, 0.15) is 6.92 Å². The molecule has 22 heavy (non-hydrogen) atoms. The molecule has 0 aliphatic heterocycles. The summed E-state index contributed by atoms with van der Waals surface area (Å²) in [5, 5.41) is 0.714. The van der Waals surface area contributed by atoms with E-state index in [0.29, 0.717) is 11.6 Å². The molecular formula is C19H16ClNO. The van der Waals surface area contributed by atoms with Gasteiger partial charge in [-0.25, -0.2) is 0 Å². The van der Waals surface area contributed by atoms with E-state index in [0.717, 1.165) is 28.1 Å². The molecule has 0 atom stereocenters. The Labute approximate surface area is 135 Å². The summed E-state index contributed by atoms with van der Waals surface area (Å²) in [5.74, 6) is 0.832. The molecule has 0 aliphatic rings. The average molecular weight is 310 g/mol. The van der Waals surface area contributed by atoms with Crippen molar-refractivity contribution >= 4 is 11.6 Å². The average Bonchev–Trinajstić information content (AvgIpc) is 2.56. The van der Waals surface area contributed by atoms with E-state index < -0.39 is 0 Å². The molecule has 2 aromatic carbocycles. The van der Waals surface area contributed by atoms with Crippen LogP contribution in [-0.2, 0) is 0 Å². The van der Waals surface area contributed by atoms with Crippen LogP contribution < -0.4 is 4.74 Å². The summed E-state index contributed by atoms with van der Waals surface area (Å²) in [5.41, 5.74) is 4.00. The number of pyridine rings is 1. The van der Waals surface area contributed by atoms with Crippen molar-refractivity contribution in [3.63, 3.8) is 0 Å². The van der Waals surface area contributed by atoms with E-state index in [4.69, 9.17) is 16.3 Å². The maximum atomic E-state index is 6.15. The molecule has 0 radical (unpaired) electrons. The second-order valence-corrected chi connectivity index (χ2v) is 5.27. The number of benzene rings is 2. The van der Waals surface area contributed by atoms with Crippen molar-refractivity contribution in [2.75, 3.05) is 6.61 Å². The van der Waals surface area contributed by atoms with E-state index in [2.05, 4.69) is 11.1 Å². The molecule has 0 bridgehead atoms. The SMILES string of the molecule is CCOc1cccc(-c2cccc(Cl)c2)c1-c1ccccn1. The fraction of sp³-hybridized carbons (Fsp3) is 0.105. The summed E-state index contributed by atoms with van der Waals surface area (Å²) in [6, 6.07) is 19.7. The topological polar surface area (TPSA) is 22.1 Å². The Morgan fingerprint density at radius 1 is 1.00 bits per heavy atom. The smallest absolute Gasteiger partial charge is 0.129 e. The van der Waals surface area contributed by atoms with Crippen molar-refractivity contribution in [2.45, 2.75) is 6.92 Å². The number of nitrogens with zero attached hydrogens (tertiary/aromatic N) is 1. The molecule has 0 amide bonds. The normalized spacial score (nSPS) is 10.5. The molecule has 1 heterocycles. The number of hydrogen-bond acceptors (Lipinski definition) is 2. The highest BCUT2D eigenvalue weighted by Gasteiger charge is 2.14. The van der Waals surface area contributed by atoms with Gasteiger partial charge in [0.15, 0.2) is 0 Å². The summed E-state index contributed by atoms with van der Waals surface area (Å²) in [7, 11) is 0. The van der Waals surface area contributed by atoms with E-state index in [-0.39, 0.29) is 0 Å². The van der Waals surface area contributed by atoms with Gasteiger partial charge in [-0.3, -0.25) is 4.98 Å². The lowest BCUT2D eigenvalue weighted by molar-refractivity contribution is 0.341. The van der Waals surface area contributed by atoms with E-state index in [1.807, 2.05) is 61.5 Å². The minimum atomic E-state index is 0.610. The van der Waals surface area contributed by atoms with Crippen molar-refractivity contribution < 1.29 is 4.74 Å². The van der Waals surface area contributed by atoms with Gasteiger partial charge in [0.2, 0.25) is 0 Å². The lowest BCUT2D eigenvalue weighted by Crippen LogP contribution is -1.97. The standard InChI is InChI=1S/C19H16ClNO/c1-2-22-18-11-6-9-16(14-7-5-8-15(20)13-14)19(18)17-10-3-4-12-21-17/h3-13H,2H2,1H3. The molecule has 110 valence electrons. The van der Waals surface area contributed by atoms with Gasteiger partial charge in [0.25, 0.3) is 0 Å². The first kappa shape index (κ1) is 14.6. The van der Waals surface area contributed by atoms with Crippen LogP contribution in [0.3, 0.4) is 0 Å². The van der Waals surface area contributed by atoms with Crippen molar-refractivity contribution in [1.82, 2.24) is 4.98 Å². The quantitative estimate of drug-likeness (QED) is 0.637. The Morgan fingerprint density at radius 3 is 2.59 bits per heavy atom. The first-order valence-electron chi connectivity index (χ1n) is 7.22. The minimum Gasteiger partial charge on any atom is -0.493 e. The summed E-state index contributed by atoms with van der Waals surface area (Å²) >= 11 is 6.15. The molecule has 3 heteroatoms. The minimum absolute atomic E-state index is 0.610. The maximum Gasteiger partial charge on any atom is 0.129 e. The van der Waals surface area contributed by atoms with Gasteiger partial charge in [0.1, 0.15) is 5.75 Å². The third-order valence-corrected chi connectivity index (χ3v) is 3.62. The van der Waals surface area contributed by atoms with Gasteiger partial charge in [0.05, 0.1) is 17.9 Å². The molecule has 0 saturated carbocycles. The summed E-state index contributed by atoms with van der Waals surface area (Å²) in [6.07, 6.45) is 1.79. The van der Waals surface area contributed by atoms with Gasteiger partial charge in [-0.15, -0.1) is 0 Å². The van der Waals surface area contributed by atoms with Crippen LogP contribution in [0.2, 0.25) is 5.02 Å². The molecule has 3 aromatic rings. The number of ether oxygens (including phenoxy) is 1. The molecule has 2 nitrogen and oxygen atoms in total. The molecule has 0 fully saturated rings. The van der Waals surface area contributed by atoms with Crippen molar-refractivity contribution in [1.29, 1.82) is 0 Å². The van der Waals surface area contributed by atoms with Crippen LogP contribution >= 0.6 is 11.6 Å². The van der Waals surface area contributed by atoms with Crippen LogP contribution in [-0.4, -0.2) is 11.6 Å². The largest absolute Gasteiger partial charge is 0.493 e. The third kappa shape index (κ3) is 2.97. The Kier molecular flexibility index (Phi) is 4.40. The number of aromatic nitrogens is 1. The first-order chi connectivity index (χ1) is 10.8. The Balaban J connectivity index is 2.24. The Morgan fingerprint density at radius 2 is 1.86 bits per heavy atom. The highest BCUT2D eigenvalue weighted by molar-refractivity contribution is 6.30. The highest BCUT2D eigenvalue weighted by Crippen LogP contribution is 2.38. The van der Waals surface area contributed by atoms with Gasteiger partial charge in [0, 0.05) is 11.2 Å². The van der Waals surface area contributed by atoms with Crippen LogP contribution in [0.15, 0.2) is 66.9 Å². The fourth-order valence-electron chi connectivity index (χ4n) is 2.48. The predicted molar refractivity (Wildman–Crippen MR) is 91.3 cm³/mol. The number of hydrogen-bond donors (Lipinski definition) is 0. The molecule has 0 unspecified atom stereocenters. The molecule has 0 spiro atoms. The van der Waals surface area contributed by atoms with Gasteiger partial charge < -0.3 is 4.74 Å². The number of rotatable bonds is 4. The van der Waals surface area contributed by atoms with Crippen LogP contribution in [0.5, 0.6) is 5.75 Å². The monoisotopic (exact) mass is 309 g/mol. The van der Waals surface area contributed by atoms with Gasteiger partial charge in [-0.1, -0.05) is 41.9 Å². The van der Waals surface area contributed by atoms with Crippen molar-refractivity contribution in [2.24, 2.45) is 0 Å². The molecule has 3 rings (SSSR count). The highest BCUT2D eigenvalue weighted by atomic mass is 35.5. The fourth-order valence-corrected chi connectivity index (χ4v) is 2.67. The third-order valence-electron chi connectivity index (χ3n) is 3.38. The van der Waals surface area contributed by atoms with E-state index in [1.165, 1.54) is 0 Å². The van der Waals surface area contributed by atoms with Gasteiger partial charge >= 0.3 is 0 Å². The second-order valence-electron chi connectivity index (χ2n) is 4.84. The first-order valence-corrected chi connectivity index (χ1v) is 7.60. The summed E-state index contributed by atoms with van der Waals surface area (Å²) < 4.78 is 5.81. The van der Waals surface area contributed by atoms with Gasteiger partial charge in [-0.05, 0) is 48.4 Å². The molecule has 1 aromatic heterocycles. The maximum absolute atomic E-state index is 6.15. The zero-order chi connectivity index (χ0) is 15.4. The van der Waals surface area contributed by atoms with Crippen LogP contribution in [0, 0.1) is 0 Å². The number of halogens is 1. The zero-order valence-corrected chi connectivity index (χ0v) is 13.0. The van der Waals surface area contributed by atoms with Crippen molar-refractivity contribution in [3.8, 4) is 28.1 Å². The summed E-state index contributed by atoms with van der Waals surface area (Å²) in [4.78, 5) is 4.49. The van der Waals surface area contributed by atoms with Crippen LogP contribution in [0.4, 0.5) is 0 Å². The summed E-state index contributed by atoms with van der Waals surface area (Å²) in [6.45, 7) is 2.59. The van der Waals surface area contributed by atoms with Crippen LogP contribution in [0.25, 0.3) is 22.4 Å². The zero-order valence-electron chi connectivity index (χ0n) is 12.3. The Bertz CT molecular complexity index is 771. The van der Waals surface area contributed by atoms with E-state index >= 15 is 0 Å². The van der Waals surface area contributed by atoms with E-state index in [1.54, 1.807) is 6.20 Å². The molecule has 0 saturated heterocycles.